The van der Waals surface area contributed by atoms with Crippen LogP contribution in [0.3, 0.4) is 0 Å². The molecule has 1 aromatic carbocycles. The molecule has 2 N–H and O–H groups in total. The van der Waals surface area contributed by atoms with Gasteiger partial charge in [0, 0.05) is 0 Å². The number of rotatable bonds is 4. The smallest absolute Gasteiger partial charge is 0.141 e. The Bertz CT molecular complexity index is 477. The largest absolute Gasteiger partial charge is 0.490 e. The minimum absolute atomic E-state index is 0.277. The van der Waals surface area contributed by atoms with Crippen molar-refractivity contribution >= 4 is 0 Å². The third-order valence-corrected chi connectivity index (χ3v) is 3.57. The standard InChI is InChI=1S/C15H20N2O/c1-10-6-11(2)14(12(3)7-10)18-9-15(17,8-16)13-4-5-13/h6-7,13H,4-5,9,17H2,1-3H3. The molecule has 1 aromatic rings. The molecule has 1 atom stereocenters. The molecule has 18 heavy (non-hydrogen) atoms. The molecule has 0 amide bonds. The lowest BCUT2D eigenvalue weighted by Crippen LogP contribution is -2.46. The fourth-order valence-corrected chi connectivity index (χ4v) is 2.43. The number of nitrogens with two attached hydrogens (primary N) is 1. The Kier molecular flexibility index (Phi) is 3.32. The van der Waals surface area contributed by atoms with Crippen LogP contribution in [-0.2, 0) is 0 Å². The molecule has 96 valence electrons. The summed E-state index contributed by atoms with van der Waals surface area (Å²) in [4.78, 5) is 0. The normalized spacial score (nSPS) is 17.9. The van der Waals surface area contributed by atoms with Crippen molar-refractivity contribution in [1.29, 1.82) is 5.26 Å². The molecule has 1 fully saturated rings. The van der Waals surface area contributed by atoms with Crippen LogP contribution >= 0.6 is 0 Å². The SMILES string of the molecule is Cc1cc(C)c(OCC(N)(C#N)C2CC2)c(C)c1. The van der Waals surface area contributed by atoms with E-state index in [1.165, 1.54) is 5.56 Å². The lowest BCUT2D eigenvalue weighted by atomic mass is 9.98. The molecule has 1 unspecified atom stereocenters. The van der Waals surface area contributed by atoms with Gasteiger partial charge in [0.2, 0.25) is 0 Å². The van der Waals surface area contributed by atoms with Gasteiger partial charge < -0.3 is 10.5 Å². The van der Waals surface area contributed by atoms with E-state index in [1.807, 2.05) is 13.8 Å². The van der Waals surface area contributed by atoms with Gasteiger partial charge in [-0.1, -0.05) is 17.7 Å². The highest BCUT2D eigenvalue weighted by atomic mass is 16.5. The summed E-state index contributed by atoms with van der Waals surface area (Å²) in [5.41, 5.74) is 8.69. The Balaban J connectivity index is 2.13. The number of aryl methyl sites for hydroxylation is 3. The maximum Gasteiger partial charge on any atom is 0.141 e. The summed E-state index contributed by atoms with van der Waals surface area (Å²) in [7, 11) is 0. The highest BCUT2D eigenvalue weighted by molar-refractivity contribution is 5.43. The molecule has 1 aliphatic carbocycles. The molecule has 0 saturated heterocycles. The first kappa shape index (κ1) is 12.9. The highest BCUT2D eigenvalue weighted by Gasteiger charge is 2.43. The van der Waals surface area contributed by atoms with Gasteiger partial charge >= 0.3 is 0 Å². The minimum atomic E-state index is -0.830. The summed E-state index contributed by atoms with van der Waals surface area (Å²) in [6.45, 7) is 6.39. The van der Waals surface area contributed by atoms with Crippen molar-refractivity contribution in [3.8, 4) is 11.8 Å². The lowest BCUT2D eigenvalue weighted by Gasteiger charge is -2.23. The average molecular weight is 244 g/mol. The highest BCUT2D eigenvalue weighted by Crippen LogP contribution is 2.38. The number of hydrogen-bond donors (Lipinski definition) is 1. The fourth-order valence-electron chi connectivity index (χ4n) is 2.43. The summed E-state index contributed by atoms with van der Waals surface area (Å²) < 4.78 is 5.83. The van der Waals surface area contributed by atoms with Crippen LogP contribution in [0.1, 0.15) is 29.5 Å². The van der Waals surface area contributed by atoms with Gasteiger partial charge in [-0.2, -0.15) is 5.26 Å². The second-order valence-electron chi connectivity index (χ2n) is 5.44. The third-order valence-electron chi connectivity index (χ3n) is 3.57. The molecule has 3 heteroatoms. The average Bonchev–Trinajstić information content (AvgIpc) is 3.11. The van der Waals surface area contributed by atoms with Gasteiger partial charge in [0.25, 0.3) is 0 Å². The maximum absolute atomic E-state index is 9.20. The fraction of sp³-hybridized carbons (Fsp3) is 0.533. The molecule has 3 nitrogen and oxygen atoms in total. The number of nitrogens with zero attached hydrogens (tertiary/aromatic N) is 1. The van der Waals surface area contributed by atoms with E-state index in [-0.39, 0.29) is 6.61 Å². The zero-order valence-corrected chi connectivity index (χ0v) is 11.3. The second kappa shape index (κ2) is 4.62. The lowest BCUT2D eigenvalue weighted by molar-refractivity contribution is 0.234. The molecule has 0 heterocycles. The van der Waals surface area contributed by atoms with Crippen molar-refractivity contribution < 1.29 is 4.74 Å². The summed E-state index contributed by atoms with van der Waals surface area (Å²) >= 11 is 0. The molecule has 0 aromatic heterocycles. The second-order valence-corrected chi connectivity index (χ2v) is 5.44. The first-order valence-electron chi connectivity index (χ1n) is 6.37. The molecular formula is C15H20N2O. The Morgan fingerprint density at radius 3 is 2.33 bits per heavy atom. The van der Waals surface area contributed by atoms with Crippen molar-refractivity contribution in [2.75, 3.05) is 6.61 Å². The minimum Gasteiger partial charge on any atom is -0.490 e. The first-order valence-corrected chi connectivity index (χ1v) is 6.37. The van der Waals surface area contributed by atoms with Crippen LogP contribution in [-0.4, -0.2) is 12.1 Å². The Morgan fingerprint density at radius 2 is 1.89 bits per heavy atom. The molecule has 1 aliphatic rings. The van der Waals surface area contributed by atoms with Crippen molar-refractivity contribution in [1.82, 2.24) is 0 Å². The monoisotopic (exact) mass is 244 g/mol. The first-order chi connectivity index (χ1) is 8.46. The van der Waals surface area contributed by atoms with Crippen LogP contribution in [0.4, 0.5) is 0 Å². The Hall–Kier alpha value is -1.53. The number of benzene rings is 1. The Labute approximate surface area is 109 Å². The predicted molar refractivity (Wildman–Crippen MR) is 71.4 cm³/mol. The van der Waals surface area contributed by atoms with E-state index in [0.717, 1.165) is 29.7 Å². The van der Waals surface area contributed by atoms with Gasteiger partial charge in [0.15, 0.2) is 0 Å². The van der Waals surface area contributed by atoms with Crippen molar-refractivity contribution in [3.05, 3.63) is 28.8 Å². The third kappa shape index (κ3) is 2.49. The quantitative estimate of drug-likeness (QED) is 0.885. The molecular weight excluding hydrogens is 224 g/mol. The number of nitriles is 1. The van der Waals surface area contributed by atoms with E-state index in [9.17, 15) is 5.26 Å². The topological polar surface area (TPSA) is 59.0 Å². The number of hydrogen-bond acceptors (Lipinski definition) is 3. The van der Waals surface area contributed by atoms with Gasteiger partial charge in [-0.3, -0.25) is 0 Å². The van der Waals surface area contributed by atoms with Crippen LogP contribution < -0.4 is 10.5 Å². The van der Waals surface area contributed by atoms with E-state index < -0.39 is 5.54 Å². The van der Waals surface area contributed by atoms with Crippen LogP contribution in [0.2, 0.25) is 0 Å². The van der Waals surface area contributed by atoms with Crippen LogP contribution in [0.5, 0.6) is 5.75 Å². The predicted octanol–water partition coefficient (Wildman–Crippen LogP) is 2.62. The summed E-state index contributed by atoms with van der Waals surface area (Å²) in [6.07, 6.45) is 2.08. The van der Waals surface area contributed by atoms with E-state index >= 15 is 0 Å². The van der Waals surface area contributed by atoms with Gasteiger partial charge in [-0.15, -0.1) is 0 Å². The van der Waals surface area contributed by atoms with Crippen LogP contribution in [0.25, 0.3) is 0 Å². The van der Waals surface area contributed by atoms with E-state index in [1.54, 1.807) is 0 Å². The van der Waals surface area contributed by atoms with Crippen molar-refractivity contribution in [3.63, 3.8) is 0 Å². The molecule has 2 rings (SSSR count). The van der Waals surface area contributed by atoms with Gasteiger partial charge in [0.1, 0.15) is 17.9 Å². The zero-order chi connectivity index (χ0) is 13.3. The maximum atomic E-state index is 9.20. The summed E-state index contributed by atoms with van der Waals surface area (Å²) in [5, 5.41) is 9.20. The molecule has 1 saturated carbocycles. The Morgan fingerprint density at radius 1 is 1.33 bits per heavy atom. The van der Waals surface area contributed by atoms with Gasteiger partial charge in [0.05, 0.1) is 6.07 Å². The number of ether oxygens (including phenoxy) is 1. The van der Waals surface area contributed by atoms with Gasteiger partial charge in [-0.05, 0) is 50.7 Å². The summed E-state index contributed by atoms with van der Waals surface area (Å²) in [5.74, 6) is 1.17. The molecule has 0 radical (unpaired) electrons. The van der Waals surface area contributed by atoms with E-state index in [4.69, 9.17) is 10.5 Å². The molecule has 0 bridgehead atoms. The molecule has 0 aliphatic heterocycles. The van der Waals surface area contributed by atoms with Crippen LogP contribution in [0, 0.1) is 38.0 Å². The van der Waals surface area contributed by atoms with Gasteiger partial charge in [-0.25, -0.2) is 0 Å². The summed E-state index contributed by atoms with van der Waals surface area (Å²) in [6, 6.07) is 6.39. The van der Waals surface area contributed by atoms with Crippen molar-refractivity contribution in [2.45, 2.75) is 39.2 Å². The van der Waals surface area contributed by atoms with E-state index in [0.29, 0.717) is 5.92 Å². The molecule has 0 spiro atoms. The van der Waals surface area contributed by atoms with Crippen molar-refractivity contribution in [2.24, 2.45) is 11.7 Å². The zero-order valence-electron chi connectivity index (χ0n) is 11.3. The van der Waals surface area contributed by atoms with E-state index in [2.05, 4.69) is 25.1 Å². The van der Waals surface area contributed by atoms with Crippen LogP contribution in [0.15, 0.2) is 12.1 Å².